The smallest absolute Gasteiger partial charge is 0.0950 e. The van der Waals surface area contributed by atoms with Crippen molar-refractivity contribution in [2.24, 2.45) is 0 Å². The maximum atomic E-state index is 4.18. The van der Waals surface area contributed by atoms with E-state index >= 15 is 0 Å². The first-order valence-electron chi connectivity index (χ1n) is 5.47. The summed E-state index contributed by atoms with van der Waals surface area (Å²) in [4.78, 5) is 4.18. The van der Waals surface area contributed by atoms with Gasteiger partial charge in [-0.25, -0.2) is 4.98 Å². The molecule has 0 aliphatic heterocycles. The van der Waals surface area contributed by atoms with Crippen molar-refractivity contribution in [3.8, 4) is 0 Å². The molecule has 1 saturated carbocycles. The lowest BCUT2D eigenvalue weighted by atomic mass is 9.91. The zero-order valence-electron chi connectivity index (χ0n) is 9.03. The number of hydrogen-bond acceptors (Lipinski definition) is 2. The normalized spacial score (nSPS) is 27.9. The van der Waals surface area contributed by atoms with E-state index in [0.717, 1.165) is 6.04 Å². The summed E-state index contributed by atoms with van der Waals surface area (Å²) in [6.45, 7) is 2.14. The summed E-state index contributed by atoms with van der Waals surface area (Å²) in [7, 11) is 2.06. The molecular weight excluding hydrogens is 174 g/mol. The third-order valence-corrected chi connectivity index (χ3v) is 3.36. The van der Waals surface area contributed by atoms with Gasteiger partial charge in [-0.3, -0.25) is 0 Å². The Bertz CT molecular complexity index is 284. The minimum absolute atomic E-state index is 0.682. The molecule has 3 nitrogen and oxygen atoms in total. The summed E-state index contributed by atoms with van der Waals surface area (Å²) in [5.74, 6) is 0. The highest BCUT2D eigenvalue weighted by atomic mass is 15.1. The fourth-order valence-corrected chi connectivity index (χ4v) is 2.40. The molecule has 0 radical (unpaired) electrons. The van der Waals surface area contributed by atoms with E-state index in [1.807, 2.05) is 12.5 Å². The first kappa shape index (κ1) is 9.71. The molecule has 0 saturated heterocycles. The fraction of sp³-hybridized carbons (Fsp3) is 0.727. The molecule has 3 heteroatoms. The number of nitrogens with one attached hydrogen (secondary N) is 1. The van der Waals surface area contributed by atoms with Crippen molar-refractivity contribution in [1.82, 2.24) is 14.9 Å². The molecule has 1 aliphatic carbocycles. The lowest BCUT2D eigenvalue weighted by molar-refractivity contribution is 0.298. The molecule has 1 aliphatic rings. The molecule has 78 valence electrons. The number of rotatable bonds is 2. The summed E-state index contributed by atoms with van der Waals surface area (Å²) in [5.41, 5.74) is 1.29. The lowest BCUT2D eigenvalue weighted by Gasteiger charge is -2.29. The molecule has 0 aromatic carbocycles. The van der Waals surface area contributed by atoms with Gasteiger partial charge in [0, 0.05) is 24.0 Å². The largest absolute Gasteiger partial charge is 0.332 e. The second kappa shape index (κ2) is 4.13. The first-order valence-corrected chi connectivity index (χ1v) is 5.47. The van der Waals surface area contributed by atoms with Crippen LogP contribution in [0.2, 0.25) is 0 Å². The Labute approximate surface area is 85.5 Å². The molecule has 1 heterocycles. The lowest BCUT2D eigenvalue weighted by Crippen LogP contribution is -2.31. The van der Waals surface area contributed by atoms with Crippen LogP contribution in [0.1, 0.15) is 37.4 Å². The molecule has 2 rings (SSSR count). The predicted molar refractivity (Wildman–Crippen MR) is 57.3 cm³/mol. The molecule has 1 aromatic heterocycles. The number of aryl methyl sites for hydroxylation is 1. The molecule has 14 heavy (non-hydrogen) atoms. The third-order valence-electron chi connectivity index (χ3n) is 3.36. The van der Waals surface area contributed by atoms with E-state index in [2.05, 4.69) is 28.8 Å². The van der Waals surface area contributed by atoms with E-state index in [0.29, 0.717) is 6.04 Å². The van der Waals surface area contributed by atoms with Crippen LogP contribution in [0, 0.1) is 6.92 Å². The van der Waals surface area contributed by atoms with Gasteiger partial charge in [-0.05, 0) is 39.7 Å². The summed E-state index contributed by atoms with van der Waals surface area (Å²) in [5, 5.41) is 3.36. The van der Waals surface area contributed by atoms with Crippen LogP contribution >= 0.6 is 0 Å². The fourth-order valence-electron chi connectivity index (χ4n) is 2.40. The van der Waals surface area contributed by atoms with Crippen LogP contribution in [0.4, 0.5) is 0 Å². The summed E-state index contributed by atoms with van der Waals surface area (Å²) < 4.78 is 2.33. The summed E-state index contributed by atoms with van der Waals surface area (Å²) >= 11 is 0. The van der Waals surface area contributed by atoms with Crippen LogP contribution < -0.4 is 5.32 Å². The molecule has 0 spiro atoms. The van der Waals surface area contributed by atoms with Gasteiger partial charge in [-0.15, -0.1) is 0 Å². The van der Waals surface area contributed by atoms with E-state index < -0.39 is 0 Å². The summed E-state index contributed by atoms with van der Waals surface area (Å²) in [6.07, 6.45) is 9.06. The monoisotopic (exact) mass is 193 g/mol. The quantitative estimate of drug-likeness (QED) is 0.777. The van der Waals surface area contributed by atoms with Gasteiger partial charge < -0.3 is 9.88 Å². The van der Waals surface area contributed by atoms with E-state index in [1.165, 1.54) is 31.4 Å². The molecule has 1 fully saturated rings. The van der Waals surface area contributed by atoms with Crippen molar-refractivity contribution in [2.45, 2.75) is 44.7 Å². The average molecular weight is 193 g/mol. The minimum Gasteiger partial charge on any atom is -0.332 e. The molecule has 0 amide bonds. The van der Waals surface area contributed by atoms with Crippen molar-refractivity contribution in [3.05, 3.63) is 18.2 Å². The Morgan fingerprint density at radius 3 is 2.57 bits per heavy atom. The van der Waals surface area contributed by atoms with Gasteiger partial charge in [0.25, 0.3) is 0 Å². The minimum atomic E-state index is 0.682. The van der Waals surface area contributed by atoms with Crippen LogP contribution in [0.25, 0.3) is 0 Å². The summed E-state index contributed by atoms with van der Waals surface area (Å²) in [6, 6.07) is 1.41. The van der Waals surface area contributed by atoms with Crippen molar-refractivity contribution in [2.75, 3.05) is 7.05 Å². The highest BCUT2D eigenvalue weighted by Crippen LogP contribution is 2.28. The number of aromatic nitrogens is 2. The second-order valence-electron chi connectivity index (χ2n) is 4.24. The van der Waals surface area contributed by atoms with Gasteiger partial charge in [0.15, 0.2) is 0 Å². The predicted octanol–water partition coefficient (Wildman–Crippen LogP) is 1.89. The Morgan fingerprint density at radius 1 is 1.36 bits per heavy atom. The maximum Gasteiger partial charge on any atom is 0.0950 e. The molecule has 0 bridgehead atoms. The Balaban J connectivity index is 1.99. The SMILES string of the molecule is CNC1CCC(n2cncc2C)CC1. The zero-order chi connectivity index (χ0) is 9.97. The number of nitrogens with zero attached hydrogens (tertiary/aromatic N) is 2. The molecule has 1 aromatic rings. The highest BCUT2D eigenvalue weighted by molar-refractivity contribution is 4.98. The number of hydrogen-bond donors (Lipinski definition) is 1. The van der Waals surface area contributed by atoms with E-state index in [1.54, 1.807) is 0 Å². The van der Waals surface area contributed by atoms with Crippen LogP contribution in [-0.2, 0) is 0 Å². The Kier molecular flexibility index (Phi) is 2.87. The molecule has 0 atom stereocenters. The van der Waals surface area contributed by atoms with Crippen molar-refractivity contribution in [1.29, 1.82) is 0 Å². The van der Waals surface area contributed by atoms with Gasteiger partial charge in [0.05, 0.1) is 6.33 Å². The van der Waals surface area contributed by atoms with Gasteiger partial charge in [-0.2, -0.15) is 0 Å². The highest BCUT2D eigenvalue weighted by Gasteiger charge is 2.21. The van der Waals surface area contributed by atoms with E-state index in [9.17, 15) is 0 Å². The Hall–Kier alpha value is -0.830. The standard InChI is InChI=1S/C11H19N3/c1-9-7-13-8-14(9)11-5-3-10(12-2)4-6-11/h7-8,10-12H,3-6H2,1-2H3. The van der Waals surface area contributed by atoms with Gasteiger partial charge in [0.2, 0.25) is 0 Å². The van der Waals surface area contributed by atoms with Crippen molar-refractivity contribution in [3.63, 3.8) is 0 Å². The molecular formula is C11H19N3. The molecule has 1 N–H and O–H groups in total. The van der Waals surface area contributed by atoms with Crippen molar-refractivity contribution >= 4 is 0 Å². The van der Waals surface area contributed by atoms with Gasteiger partial charge in [-0.1, -0.05) is 0 Å². The van der Waals surface area contributed by atoms with Crippen LogP contribution in [-0.4, -0.2) is 22.6 Å². The van der Waals surface area contributed by atoms with Gasteiger partial charge in [0.1, 0.15) is 0 Å². The van der Waals surface area contributed by atoms with Crippen LogP contribution in [0.5, 0.6) is 0 Å². The van der Waals surface area contributed by atoms with Crippen molar-refractivity contribution < 1.29 is 0 Å². The first-order chi connectivity index (χ1) is 6.81. The number of imidazole rings is 1. The second-order valence-corrected chi connectivity index (χ2v) is 4.24. The Morgan fingerprint density at radius 2 is 2.07 bits per heavy atom. The zero-order valence-corrected chi connectivity index (χ0v) is 9.03. The van der Waals surface area contributed by atoms with Gasteiger partial charge >= 0.3 is 0 Å². The van der Waals surface area contributed by atoms with Crippen LogP contribution in [0.15, 0.2) is 12.5 Å². The maximum absolute atomic E-state index is 4.18. The van der Waals surface area contributed by atoms with E-state index in [-0.39, 0.29) is 0 Å². The third kappa shape index (κ3) is 1.82. The van der Waals surface area contributed by atoms with Crippen LogP contribution in [0.3, 0.4) is 0 Å². The molecule has 0 unspecified atom stereocenters. The topological polar surface area (TPSA) is 29.9 Å². The average Bonchev–Trinajstić information content (AvgIpc) is 2.65. The van der Waals surface area contributed by atoms with E-state index in [4.69, 9.17) is 0 Å².